The third-order valence-electron chi connectivity index (χ3n) is 2.47. The minimum absolute atomic E-state index is 0.972. The second kappa shape index (κ2) is 1.75. The lowest BCUT2D eigenvalue weighted by atomic mass is 9.71. The van der Waals surface area contributed by atoms with Crippen molar-refractivity contribution in [2.45, 2.75) is 25.7 Å². The average Bonchev–Trinajstić information content (AvgIpc) is 1.92. The van der Waals surface area contributed by atoms with E-state index in [9.17, 15) is 0 Å². The molecule has 3 saturated carbocycles. The van der Waals surface area contributed by atoms with Crippen molar-refractivity contribution in [3.8, 4) is 0 Å². The van der Waals surface area contributed by atoms with Gasteiger partial charge < -0.3 is 0 Å². The van der Waals surface area contributed by atoms with Gasteiger partial charge in [-0.05, 0) is 50.4 Å². The van der Waals surface area contributed by atoms with Gasteiger partial charge in [0.2, 0.25) is 0 Å². The van der Waals surface area contributed by atoms with Crippen LogP contribution in [0.15, 0.2) is 0 Å². The van der Waals surface area contributed by atoms with Crippen LogP contribution in [-0.4, -0.2) is 0 Å². The van der Waals surface area contributed by atoms with Crippen LogP contribution in [0.4, 0.5) is 0 Å². The predicted octanol–water partition coefficient (Wildman–Crippen LogP) is 2.21. The van der Waals surface area contributed by atoms with Gasteiger partial charge in [-0.25, -0.2) is 0 Å². The maximum atomic E-state index is 2.41. The molecule has 3 fully saturated rings. The quantitative estimate of drug-likeness (QED) is 0.446. The van der Waals surface area contributed by atoms with E-state index < -0.39 is 0 Å². The second-order valence-electron chi connectivity index (χ2n) is 3.06. The molecule has 0 unspecified atom stereocenters. The van der Waals surface area contributed by atoms with Crippen molar-refractivity contribution in [2.75, 3.05) is 0 Å². The van der Waals surface area contributed by atoms with E-state index in [0.717, 1.165) is 11.8 Å². The molecule has 2 bridgehead atoms. The molecule has 0 heteroatoms. The third-order valence-corrected chi connectivity index (χ3v) is 2.47. The van der Waals surface area contributed by atoms with Gasteiger partial charge in [-0.15, -0.1) is 0 Å². The molecule has 0 aromatic carbocycles. The van der Waals surface area contributed by atoms with Crippen molar-refractivity contribution in [3.05, 3.63) is 12.8 Å². The van der Waals surface area contributed by atoms with Crippen molar-refractivity contribution in [3.63, 3.8) is 0 Å². The highest BCUT2D eigenvalue weighted by Crippen LogP contribution is 2.39. The largest absolute Gasteiger partial charge is 0.0499 e. The standard InChI is InChI=1S/C8H12/c1-2-8-5-3-7(1)4-6-8/h1-2,7-8H,3-6H2. The molecule has 0 N–H and O–H groups in total. The van der Waals surface area contributed by atoms with Crippen molar-refractivity contribution in [1.29, 1.82) is 0 Å². The Bertz CT molecular complexity index is 55.0. The zero-order valence-corrected chi connectivity index (χ0v) is 5.14. The Morgan fingerprint density at radius 3 is 1.25 bits per heavy atom. The fraction of sp³-hybridized carbons (Fsp3) is 0.750. The van der Waals surface area contributed by atoms with Gasteiger partial charge in [0.15, 0.2) is 0 Å². The number of hydrogen-bond acceptors (Lipinski definition) is 0. The Labute approximate surface area is 51.3 Å². The van der Waals surface area contributed by atoms with Gasteiger partial charge in [-0.3, -0.25) is 0 Å². The molecule has 0 aromatic heterocycles. The molecule has 0 aliphatic heterocycles. The van der Waals surface area contributed by atoms with Crippen LogP contribution >= 0.6 is 0 Å². The van der Waals surface area contributed by atoms with E-state index in [4.69, 9.17) is 0 Å². The fourth-order valence-corrected chi connectivity index (χ4v) is 1.84. The van der Waals surface area contributed by atoms with E-state index in [0.29, 0.717) is 0 Å². The first-order valence-electron chi connectivity index (χ1n) is 3.63. The average molecular weight is 108 g/mol. The van der Waals surface area contributed by atoms with Crippen LogP contribution in [0.25, 0.3) is 0 Å². The monoisotopic (exact) mass is 108 g/mol. The van der Waals surface area contributed by atoms with E-state index in [1.165, 1.54) is 25.7 Å². The van der Waals surface area contributed by atoms with Gasteiger partial charge in [0.25, 0.3) is 0 Å². The lowest BCUT2D eigenvalue weighted by Gasteiger charge is -2.34. The Morgan fingerprint density at radius 2 is 1.12 bits per heavy atom. The first kappa shape index (κ1) is 4.84. The lowest BCUT2D eigenvalue weighted by molar-refractivity contribution is 0.284. The molecular weight excluding hydrogens is 96.1 g/mol. The van der Waals surface area contributed by atoms with Crippen LogP contribution in [-0.2, 0) is 0 Å². The number of hydrogen-bond donors (Lipinski definition) is 0. The van der Waals surface area contributed by atoms with E-state index in [2.05, 4.69) is 12.8 Å². The summed E-state index contributed by atoms with van der Waals surface area (Å²) in [6.07, 6.45) is 10.7. The number of rotatable bonds is 0. The molecule has 2 radical (unpaired) electrons. The number of fused-ring (bicyclic) bond motifs is 3. The Balaban J connectivity index is 2.03. The van der Waals surface area contributed by atoms with Gasteiger partial charge in [-0.2, -0.15) is 0 Å². The van der Waals surface area contributed by atoms with Crippen LogP contribution in [0.2, 0.25) is 0 Å². The van der Waals surface area contributed by atoms with Crippen molar-refractivity contribution in [2.24, 2.45) is 11.8 Å². The zero-order valence-electron chi connectivity index (χ0n) is 5.14. The summed E-state index contributed by atoms with van der Waals surface area (Å²) in [7, 11) is 0. The van der Waals surface area contributed by atoms with Crippen LogP contribution in [0.5, 0.6) is 0 Å². The summed E-state index contributed by atoms with van der Waals surface area (Å²) in [5.41, 5.74) is 0. The molecule has 3 rings (SSSR count). The molecule has 44 valence electrons. The van der Waals surface area contributed by atoms with E-state index in [-0.39, 0.29) is 0 Å². The molecule has 0 atom stereocenters. The molecular formula is C8H12. The fourth-order valence-electron chi connectivity index (χ4n) is 1.84. The van der Waals surface area contributed by atoms with Crippen molar-refractivity contribution in [1.82, 2.24) is 0 Å². The molecule has 0 nitrogen and oxygen atoms in total. The molecule has 8 heavy (non-hydrogen) atoms. The van der Waals surface area contributed by atoms with Crippen molar-refractivity contribution >= 4 is 0 Å². The molecule has 0 saturated heterocycles. The summed E-state index contributed by atoms with van der Waals surface area (Å²) in [4.78, 5) is 0. The topological polar surface area (TPSA) is 0 Å². The van der Waals surface area contributed by atoms with E-state index >= 15 is 0 Å². The summed E-state index contributed by atoms with van der Waals surface area (Å²) < 4.78 is 0. The van der Waals surface area contributed by atoms with Crippen LogP contribution in [0.3, 0.4) is 0 Å². The van der Waals surface area contributed by atoms with Gasteiger partial charge >= 0.3 is 0 Å². The second-order valence-corrected chi connectivity index (χ2v) is 3.06. The smallest absolute Gasteiger partial charge is 0.0318 e. The normalized spacial score (nSPS) is 45.0. The summed E-state index contributed by atoms with van der Waals surface area (Å²) in [6.45, 7) is 0. The Morgan fingerprint density at radius 1 is 0.750 bits per heavy atom. The minimum Gasteiger partial charge on any atom is -0.0499 e. The van der Waals surface area contributed by atoms with Gasteiger partial charge in [-0.1, -0.05) is 0 Å². The maximum Gasteiger partial charge on any atom is -0.0318 e. The summed E-state index contributed by atoms with van der Waals surface area (Å²) in [6, 6.07) is 0. The van der Waals surface area contributed by atoms with Gasteiger partial charge in [0.1, 0.15) is 0 Å². The van der Waals surface area contributed by atoms with Crippen LogP contribution < -0.4 is 0 Å². The molecule has 3 aliphatic carbocycles. The molecule has 3 aliphatic rings. The minimum atomic E-state index is 0.972. The van der Waals surface area contributed by atoms with Crippen molar-refractivity contribution < 1.29 is 0 Å². The highest BCUT2D eigenvalue weighted by Gasteiger charge is 2.27. The molecule has 0 heterocycles. The van der Waals surface area contributed by atoms with Crippen LogP contribution in [0.1, 0.15) is 25.7 Å². The first-order chi connectivity index (χ1) is 3.95. The van der Waals surface area contributed by atoms with Gasteiger partial charge in [0.05, 0.1) is 0 Å². The van der Waals surface area contributed by atoms with Crippen LogP contribution in [0, 0.1) is 24.7 Å². The van der Waals surface area contributed by atoms with E-state index in [1.807, 2.05) is 0 Å². The predicted molar refractivity (Wildman–Crippen MR) is 34.0 cm³/mol. The summed E-state index contributed by atoms with van der Waals surface area (Å²) >= 11 is 0. The maximum absolute atomic E-state index is 2.41. The summed E-state index contributed by atoms with van der Waals surface area (Å²) in [5.74, 6) is 1.94. The Kier molecular flexibility index (Phi) is 1.06. The Hall–Kier alpha value is 0. The highest BCUT2D eigenvalue weighted by atomic mass is 14.3. The highest BCUT2D eigenvalue weighted by molar-refractivity contribution is 5.03. The molecule has 0 spiro atoms. The SMILES string of the molecule is [CH]1[CH]C2CCC1CC2. The van der Waals surface area contributed by atoms with Gasteiger partial charge in [0, 0.05) is 0 Å². The molecule has 0 amide bonds. The third kappa shape index (κ3) is 0.667. The lowest BCUT2D eigenvalue weighted by Crippen LogP contribution is -2.22. The summed E-state index contributed by atoms with van der Waals surface area (Å²) in [5, 5.41) is 0. The van der Waals surface area contributed by atoms with E-state index in [1.54, 1.807) is 0 Å². The first-order valence-corrected chi connectivity index (χ1v) is 3.63. The molecule has 0 aromatic rings. The zero-order chi connectivity index (χ0) is 5.40.